The van der Waals surface area contributed by atoms with Crippen molar-refractivity contribution in [3.63, 3.8) is 0 Å². The zero-order valence-electron chi connectivity index (χ0n) is 9.79. The number of aromatic amines is 1. The van der Waals surface area contributed by atoms with Crippen LogP contribution in [-0.4, -0.2) is 28.6 Å². The van der Waals surface area contributed by atoms with Crippen LogP contribution in [0.4, 0.5) is 0 Å². The average molecular weight is 307 g/mol. The summed E-state index contributed by atoms with van der Waals surface area (Å²) in [6, 6.07) is 5.22. The van der Waals surface area contributed by atoms with Crippen LogP contribution in [0.3, 0.4) is 0 Å². The molecule has 0 radical (unpaired) electrons. The number of hydrogen-bond donors (Lipinski definition) is 1. The van der Waals surface area contributed by atoms with E-state index in [-0.39, 0.29) is 5.97 Å². The first-order chi connectivity index (χ1) is 8.76. The number of benzene rings is 1. The highest BCUT2D eigenvalue weighted by atomic mass is 79.9. The number of fused-ring (bicyclic) bond motifs is 1. The van der Waals surface area contributed by atoms with E-state index in [0.29, 0.717) is 11.1 Å². The van der Waals surface area contributed by atoms with Crippen LogP contribution >= 0.6 is 15.9 Å². The molecule has 1 N–H and O–H groups in total. The third-order valence-electron chi connectivity index (χ3n) is 2.41. The summed E-state index contributed by atoms with van der Waals surface area (Å²) in [4.78, 5) is 11.4. The number of H-pyrrole nitrogens is 1. The maximum Gasteiger partial charge on any atom is 0.337 e. The van der Waals surface area contributed by atoms with E-state index in [1.807, 2.05) is 6.07 Å². The molecule has 1 heterocycles. The molecule has 0 spiro atoms. The Hall–Kier alpha value is -1.80. The number of nitrogens with one attached hydrogen (secondary N) is 1. The van der Waals surface area contributed by atoms with Gasteiger partial charge < -0.3 is 4.74 Å². The Balaban J connectivity index is 2.38. The fraction of sp³-hybridized carbons (Fsp3) is 0.231. The minimum Gasteiger partial charge on any atom is -0.465 e. The summed E-state index contributed by atoms with van der Waals surface area (Å²) >= 11 is 3.32. The van der Waals surface area contributed by atoms with Gasteiger partial charge in [-0.05, 0) is 24.1 Å². The van der Waals surface area contributed by atoms with E-state index >= 15 is 0 Å². The predicted molar refractivity (Wildman–Crippen MR) is 72.7 cm³/mol. The number of nitrogens with zero attached hydrogens (tertiary/aromatic N) is 1. The van der Waals surface area contributed by atoms with Crippen LogP contribution < -0.4 is 0 Å². The molecule has 2 rings (SSSR count). The summed E-state index contributed by atoms with van der Waals surface area (Å²) in [5.41, 5.74) is 1.96. The Morgan fingerprint density at radius 2 is 2.39 bits per heavy atom. The Kier molecular flexibility index (Phi) is 4.00. The Labute approximate surface area is 113 Å². The fourth-order valence-corrected chi connectivity index (χ4v) is 1.75. The molecule has 0 aliphatic heterocycles. The molecule has 0 aliphatic rings. The first-order valence-corrected chi connectivity index (χ1v) is 6.49. The first-order valence-electron chi connectivity index (χ1n) is 5.37. The molecule has 92 valence electrons. The van der Waals surface area contributed by atoms with Gasteiger partial charge in [-0.15, -0.1) is 0 Å². The van der Waals surface area contributed by atoms with E-state index in [9.17, 15) is 4.79 Å². The lowest BCUT2D eigenvalue weighted by molar-refractivity contribution is 0.0601. The number of alkyl halides is 1. The van der Waals surface area contributed by atoms with Crippen molar-refractivity contribution in [1.82, 2.24) is 10.2 Å². The van der Waals surface area contributed by atoms with Gasteiger partial charge in [0.1, 0.15) is 5.69 Å². The van der Waals surface area contributed by atoms with E-state index in [1.54, 1.807) is 12.1 Å². The van der Waals surface area contributed by atoms with Gasteiger partial charge >= 0.3 is 5.97 Å². The highest BCUT2D eigenvalue weighted by molar-refractivity contribution is 9.09. The van der Waals surface area contributed by atoms with E-state index < -0.39 is 0 Å². The molecule has 5 heteroatoms. The van der Waals surface area contributed by atoms with Crippen LogP contribution in [0, 0.1) is 11.8 Å². The molecule has 0 saturated heterocycles. The summed E-state index contributed by atoms with van der Waals surface area (Å²) in [6.45, 7) is 0. The number of methoxy groups -OCH3 is 1. The van der Waals surface area contributed by atoms with Crippen LogP contribution in [-0.2, 0) is 4.74 Å². The number of carbonyl (C=O) groups excluding carboxylic acids is 1. The smallest absolute Gasteiger partial charge is 0.337 e. The molecule has 0 bridgehead atoms. The molecule has 0 fully saturated rings. The molecular weight excluding hydrogens is 296 g/mol. The third kappa shape index (κ3) is 2.54. The minimum atomic E-state index is -0.369. The second-order valence-corrected chi connectivity index (χ2v) is 4.36. The van der Waals surface area contributed by atoms with Gasteiger partial charge in [0, 0.05) is 17.1 Å². The molecule has 2 aromatic rings. The second kappa shape index (κ2) is 5.69. The fourth-order valence-electron chi connectivity index (χ4n) is 1.55. The van der Waals surface area contributed by atoms with E-state index in [2.05, 4.69) is 42.7 Å². The van der Waals surface area contributed by atoms with Gasteiger partial charge in [0.2, 0.25) is 0 Å². The number of halogens is 1. The van der Waals surface area contributed by atoms with Crippen molar-refractivity contribution in [2.75, 3.05) is 12.4 Å². The number of hydrogen-bond acceptors (Lipinski definition) is 3. The first kappa shape index (κ1) is 12.7. The van der Waals surface area contributed by atoms with Crippen molar-refractivity contribution in [2.45, 2.75) is 6.42 Å². The molecule has 0 unspecified atom stereocenters. The molecule has 0 aliphatic carbocycles. The van der Waals surface area contributed by atoms with Gasteiger partial charge in [-0.2, -0.15) is 5.10 Å². The van der Waals surface area contributed by atoms with E-state index in [0.717, 1.165) is 22.8 Å². The summed E-state index contributed by atoms with van der Waals surface area (Å²) in [6.07, 6.45) is 0.779. The van der Waals surface area contributed by atoms with Crippen LogP contribution in [0.15, 0.2) is 18.2 Å². The number of aromatic nitrogens is 2. The van der Waals surface area contributed by atoms with Gasteiger partial charge in [-0.25, -0.2) is 4.79 Å². The zero-order valence-corrected chi connectivity index (χ0v) is 11.4. The summed E-state index contributed by atoms with van der Waals surface area (Å²) in [5, 5.41) is 8.75. The molecule has 18 heavy (non-hydrogen) atoms. The Morgan fingerprint density at radius 3 is 3.11 bits per heavy atom. The molecule has 1 aromatic carbocycles. The highest BCUT2D eigenvalue weighted by Gasteiger charge is 2.09. The predicted octanol–water partition coefficient (Wildman–Crippen LogP) is 2.49. The van der Waals surface area contributed by atoms with Crippen molar-refractivity contribution in [3.05, 3.63) is 29.5 Å². The molecule has 1 aromatic heterocycles. The SMILES string of the molecule is COC(=O)c1ccc2c(C#CCCBr)[nH]nc2c1. The molecule has 0 amide bonds. The van der Waals surface area contributed by atoms with Crippen molar-refractivity contribution in [1.29, 1.82) is 0 Å². The van der Waals surface area contributed by atoms with E-state index in [4.69, 9.17) is 0 Å². The van der Waals surface area contributed by atoms with Crippen molar-refractivity contribution < 1.29 is 9.53 Å². The van der Waals surface area contributed by atoms with Gasteiger partial charge in [0.25, 0.3) is 0 Å². The van der Waals surface area contributed by atoms with Crippen LogP contribution in [0.25, 0.3) is 10.9 Å². The molecule has 4 nitrogen and oxygen atoms in total. The third-order valence-corrected chi connectivity index (χ3v) is 2.81. The van der Waals surface area contributed by atoms with Crippen LogP contribution in [0.2, 0.25) is 0 Å². The van der Waals surface area contributed by atoms with Crippen LogP contribution in [0.5, 0.6) is 0 Å². The summed E-state index contributed by atoms with van der Waals surface area (Å²) in [5.74, 6) is 5.67. The van der Waals surface area contributed by atoms with Crippen molar-refractivity contribution in [2.24, 2.45) is 0 Å². The minimum absolute atomic E-state index is 0.369. The Bertz CT molecular complexity index is 637. The normalized spacial score (nSPS) is 9.89. The maximum atomic E-state index is 11.4. The summed E-state index contributed by atoms with van der Waals surface area (Å²) in [7, 11) is 1.36. The maximum absolute atomic E-state index is 11.4. The summed E-state index contributed by atoms with van der Waals surface area (Å²) < 4.78 is 4.66. The lowest BCUT2D eigenvalue weighted by Gasteiger charge is -1.97. The van der Waals surface area contributed by atoms with Gasteiger partial charge in [0.05, 0.1) is 18.2 Å². The number of ether oxygens (including phenoxy) is 1. The Morgan fingerprint density at radius 1 is 1.56 bits per heavy atom. The zero-order chi connectivity index (χ0) is 13.0. The van der Waals surface area contributed by atoms with Gasteiger partial charge in [-0.1, -0.05) is 21.9 Å². The number of carbonyl (C=O) groups is 1. The van der Waals surface area contributed by atoms with Crippen molar-refractivity contribution in [3.8, 4) is 11.8 Å². The monoisotopic (exact) mass is 306 g/mol. The topological polar surface area (TPSA) is 55.0 Å². The van der Waals surface area contributed by atoms with Crippen molar-refractivity contribution >= 4 is 32.8 Å². The molecule has 0 saturated carbocycles. The largest absolute Gasteiger partial charge is 0.465 e. The van der Waals surface area contributed by atoms with Gasteiger partial charge in [-0.3, -0.25) is 5.10 Å². The second-order valence-electron chi connectivity index (χ2n) is 3.56. The number of esters is 1. The highest BCUT2D eigenvalue weighted by Crippen LogP contribution is 2.17. The van der Waals surface area contributed by atoms with Crippen LogP contribution in [0.1, 0.15) is 22.5 Å². The lowest BCUT2D eigenvalue weighted by atomic mass is 10.1. The standard InChI is InChI=1S/C13H11BrN2O2/c1-18-13(17)9-5-6-10-11(4-2-3-7-14)15-16-12(10)8-9/h5-6,8H,3,7H2,1H3,(H,15,16). The molecular formula is C13H11BrN2O2. The lowest BCUT2D eigenvalue weighted by Crippen LogP contribution is -2.00. The van der Waals surface area contributed by atoms with E-state index in [1.165, 1.54) is 7.11 Å². The quantitative estimate of drug-likeness (QED) is 0.527. The molecule has 0 atom stereocenters. The number of rotatable bonds is 2. The average Bonchev–Trinajstić information content (AvgIpc) is 2.80. The van der Waals surface area contributed by atoms with Gasteiger partial charge in [0.15, 0.2) is 0 Å².